The molecule has 0 bridgehead atoms. The molecule has 3 rings (SSSR count). The number of nitrogens with one attached hydrogen (secondary N) is 1. The molecule has 7 heteroatoms. The van der Waals surface area contributed by atoms with Crippen molar-refractivity contribution in [3.63, 3.8) is 0 Å². The molecule has 0 spiro atoms. The van der Waals surface area contributed by atoms with E-state index in [2.05, 4.69) is 5.32 Å². The molecule has 3 aromatic rings. The Labute approximate surface area is 167 Å². The van der Waals surface area contributed by atoms with Crippen molar-refractivity contribution >= 4 is 34.1 Å². The monoisotopic (exact) mass is 399 g/mol. The van der Waals surface area contributed by atoms with Gasteiger partial charge < -0.3 is 5.32 Å². The zero-order chi connectivity index (χ0) is 20.4. The first kappa shape index (κ1) is 19.9. The van der Waals surface area contributed by atoms with E-state index in [-0.39, 0.29) is 30.5 Å². The van der Waals surface area contributed by atoms with E-state index in [0.717, 1.165) is 5.56 Å². The van der Waals surface area contributed by atoms with E-state index in [4.69, 9.17) is 11.6 Å². The van der Waals surface area contributed by atoms with Gasteiger partial charge in [-0.2, -0.15) is 0 Å². The Bertz CT molecular complexity index is 1160. The minimum Gasteiger partial charge on any atom is -0.324 e. The third kappa shape index (κ3) is 4.02. The Morgan fingerprint density at radius 2 is 1.82 bits per heavy atom. The van der Waals surface area contributed by atoms with E-state index in [9.17, 15) is 14.4 Å². The van der Waals surface area contributed by atoms with Crippen LogP contribution in [0.1, 0.15) is 19.4 Å². The van der Waals surface area contributed by atoms with Crippen molar-refractivity contribution in [2.45, 2.75) is 33.9 Å². The van der Waals surface area contributed by atoms with Crippen LogP contribution in [0.3, 0.4) is 0 Å². The second-order valence-corrected chi connectivity index (χ2v) is 7.61. The van der Waals surface area contributed by atoms with E-state index in [1.807, 2.05) is 26.8 Å². The standard InChI is InChI=1S/C21H22ClN3O3/c1-13(2)11-25-20(27)16-6-4-5-7-18(16)24(21(25)28)12-19(26)23-15-9-8-14(3)17(22)10-15/h4-10,13H,11-12H2,1-3H3,(H,23,26). The van der Waals surface area contributed by atoms with Crippen LogP contribution in [0.2, 0.25) is 5.02 Å². The molecule has 6 nitrogen and oxygen atoms in total. The highest BCUT2D eigenvalue weighted by Gasteiger charge is 2.16. The van der Waals surface area contributed by atoms with Gasteiger partial charge in [-0.05, 0) is 42.7 Å². The molecule has 0 saturated carbocycles. The number of amides is 1. The number of hydrogen-bond acceptors (Lipinski definition) is 3. The van der Waals surface area contributed by atoms with Crippen molar-refractivity contribution in [3.8, 4) is 0 Å². The molecule has 0 aliphatic heterocycles. The van der Waals surface area contributed by atoms with Gasteiger partial charge in [0.2, 0.25) is 5.91 Å². The number of fused-ring (bicyclic) bond motifs is 1. The average molecular weight is 400 g/mol. The predicted molar refractivity (Wildman–Crippen MR) is 112 cm³/mol. The van der Waals surface area contributed by atoms with E-state index < -0.39 is 5.69 Å². The lowest BCUT2D eigenvalue weighted by molar-refractivity contribution is -0.116. The highest BCUT2D eigenvalue weighted by molar-refractivity contribution is 6.31. The molecule has 0 unspecified atom stereocenters. The van der Waals surface area contributed by atoms with Gasteiger partial charge in [-0.15, -0.1) is 0 Å². The van der Waals surface area contributed by atoms with Crippen LogP contribution >= 0.6 is 11.6 Å². The number of rotatable bonds is 5. The van der Waals surface area contributed by atoms with Gasteiger partial charge in [-0.25, -0.2) is 4.79 Å². The molecule has 0 aliphatic carbocycles. The maximum atomic E-state index is 13.0. The van der Waals surface area contributed by atoms with Crippen LogP contribution in [0.5, 0.6) is 0 Å². The molecule has 0 fully saturated rings. The number of hydrogen-bond donors (Lipinski definition) is 1. The fraction of sp³-hybridized carbons (Fsp3) is 0.286. The Kier molecular flexibility index (Phi) is 5.70. The molecular formula is C21H22ClN3O3. The number of aryl methyl sites for hydroxylation is 1. The van der Waals surface area contributed by atoms with Gasteiger partial charge in [0.15, 0.2) is 0 Å². The molecule has 0 radical (unpaired) electrons. The first-order valence-corrected chi connectivity index (χ1v) is 9.44. The Balaban J connectivity index is 2.02. The summed E-state index contributed by atoms with van der Waals surface area (Å²) in [7, 11) is 0. The lowest BCUT2D eigenvalue weighted by Gasteiger charge is -2.15. The summed E-state index contributed by atoms with van der Waals surface area (Å²) in [5.41, 5.74) is 1.07. The number of carbonyl (C=O) groups is 1. The maximum Gasteiger partial charge on any atom is 0.331 e. The molecule has 28 heavy (non-hydrogen) atoms. The molecule has 1 aromatic heterocycles. The Hall–Kier alpha value is -2.86. The third-order valence-electron chi connectivity index (χ3n) is 4.44. The predicted octanol–water partition coefficient (Wildman–Crippen LogP) is 3.42. The number of halogens is 1. The SMILES string of the molecule is Cc1ccc(NC(=O)Cn2c(=O)n(CC(C)C)c(=O)c3ccccc32)cc1Cl. The van der Waals surface area contributed by atoms with Gasteiger partial charge in [-0.1, -0.05) is 43.6 Å². The largest absolute Gasteiger partial charge is 0.331 e. The van der Waals surface area contributed by atoms with E-state index >= 15 is 0 Å². The smallest absolute Gasteiger partial charge is 0.324 e. The zero-order valence-electron chi connectivity index (χ0n) is 16.0. The molecule has 146 valence electrons. The second kappa shape index (κ2) is 8.02. The molecule has 1 heterocycles. The number of anilines is 1. The van der Waals surface area contributed by atoms with Crippen molar-refractivity contribution in [1.29, 1.82) is 0 Å². The first-order chi connectivity index (χ1) is 13.3. The van der Waals surface area contributed by atoms with Crippen LogP contribution in [0.4, 0.5) is 5.69 Å². The topological polar surface area (TPSA) is 73.1 Å². The van der Waals surface area contributed by atoms with Crippen molar-refractivity contribution in [1.82, 2.24) is 9.13 Å². The molecule has 0 aliphatic rings. The number of nitrogens with zero attached hydrogens (tertiary/aromatic N) is 2. The molecule has 1 N–H and O–H groups in total. The Morgan fingerprint density at radius 3 is 2.50 bits per heavy atom. The van der Waals surface area contributed by atoms with Crippen LogP contribution in [-0.4, -0.2) is 15.0 Å². The van der Waals surface area contributed by atoms with Crippen molar-refractivity contribution in [3.05, 3.63) is 73.9 Å². The molecule has 1 amide bonds. The molecule has 0 saturated heterocycles. The summed E-state index contributed by atoms with van der Waals surface area (Å²) < 4.78 is 2.53. The highest BCUT2D eigenvalue weighted by atomic mass is 35.5. The molecule has 0 atom stereocenters. The van der Waals surface area contributed by atoms with E-state index in [1.165, 1.54) is 9.13 Å². The quantitative estimate of drug-likeness (QED) is 0.714. The fourth-order valence-corrected chi connectivity index (χ4v) is 3.25. The van der Waals surface area contributed by atoms with Crippen LogP contribution < -0.4 is 16.6 Å². The summed E-state index contributed by atoms with van der Waals surface area (Å²) in [6.07, 6.45) is 0. The van der Waals surface area contributed by atoms with E-state index in [0.29, 0.717) is 21.6 Å². The number of benzene rings is 2. The zero-order valence-corrected chi connectivity index (χ0v) is 16.8. The summed E-state index contributed by atoms with van der Waals surface area (Å²) in [6, 6.07) is 12.0. The van der Waals surface area contributed by atoms with Crippen molar-refractivity contribution in [2.24, 2.45) is 5.92 Å². The van der Waals surface area contributed by atoms with Crippen LogP contribution in [-0.2, 0) is 17.9 Å². The average Bonchev–Trinajstić information content (AvgIpc) is 2.65. The summed E-state index contributed by atoms with van der Waals surface area (Å²) >= 11 is 6.10. The number of para-hydroxylation sites is 1. The summed E-state index contributed by atoms with van der Waals surface area (Å²) in [5.74, 6) is -0.259. The fourth-order valence-electron chi connectivity index (χ4n) is 3.06. The lowest BCUT2D eigenvalue weighted by Crippen LogP contribution is -2.42. The van der Waals surface area contributed by atoms with Crippen LogP contribution in [0.15, 0.2) is 52.1 Å². The van der Waals surface area contributed by atoms with E-state index in [1.54, 1.807) is 36.4 Å². The van der Waals surface area contributed by atoms with Gasteiger partial charge in [0.05, 0.1) is 10.9 Å². The lowest BCUT2D eigenvalue weighted by atomic mass is 10.2. The molecular weight excluding hydrogens is 378 g/mol. The van der Waals surface area contributed by atoms with Crippen LogP contribution in [0, 0.1) is 12.8 Å². The van der Waals surface area contributed by atoms with Crippen molar-refractivity contribution in [2.75, 3.05) is 5.32 Å². The van der Waals surface area contributed by atoms with Gasteiger partial charge in [0.1, 0.15) is 6.54 Å². The minimum atomic E-state index is -0.491. The normalized spacial score (nSPS) is 11.2. The van der Waals surface area contributed by atoms with Crippen LogP contribution in [0.25, 0.3) is 10.9 Å². The first-order valence-electron chi connectivity index (χ1n) is 9.06. The second-order valence-electron chi connectivity index (χ2n) is 7.21. The van der Waals surface area contributed by atoms with Gasteiger partial charge >= 0.3 is 5.69 Å². The Morgan fingerprint density at radius 1 is 1.11 bits per heavy atom. The summed E-state index contributed by atoms with van der Waals surface area (Å²) in [5, 5.41) is 3.71. The number of carbonyl (C=O) groups excluding carboxylic acids is 1. The maximum absolute atomic E-state index is 13.0. The van der Waals surface area contributed by atoms with Gasteiger partial charge in [0.25, 0.3) is 5.56 Å². The third-order valence-corrected chi connectivity index (χ3v) is 4.84. The highest BCUT2D eigenvalue weighted by Crippen LogP contribution is 2.20. The van der Waals surface area contributed by atoms with Crippen molar-refractivity contribution < 1.29 is 4.79 Å². The number of aromatic nitrogens is 2. The van der Waals surface area contributed by atoms with Gasteiger partial charge in [-0.3, -0.25) is 18.7 Å². The minimum absolute atomic E-state index is 0.114. The molecule has 2 aromatic carbocycles. The van der Waals surface area contributed by atoms with Gasteiger partial charge in [0, 0.05) is 17.3 Å². The summed E-state index contributed by atoms with van der Waals surface area (Å²) in [4.78, 5) is 38.3. The summed E-state index contributed by atoms with van der Waals surface area (Å²) in [6.45, 7) is 5.82.